The van der Waals surface area contributed by atoms with E-state index in [1.165, 1.54) is 5.56 Å². The van der Waals surface area contributed by atoms with E-state index in [0.717, 1.165) is 36.0 Å². The molecule has 0 radical (unpaired) electrons. The first kappa shape index (κ1) is 14.6. The van der Waals surface area contributed by atoms with Crippen LogP contribution >= 0.6 is 0 Å². The molecule has 1 aliphatic heterocycles. The molecule has 22 heavy (non-hydrogen) atoms. The number of methoxy groups -OCH3 is 1. The van der Waals surface area contributed by atoms with Gasteiger partial charge in [-0.3, -0.25) is 0 Å². The standard InChI is InChI=1S/C17H21N3O2/c1-20(2)17-6-7-18-16(19-17)9-12-8-13-4-5-14(21-3)10-15(13)22-11-12/h4-7,10,12H,8-9,11H2,1-3H3/t12-/m0/s1. The molecule has 1 aliphatic rings. The fraction of sp³-hybridized carbons (Fsp3) is 0.412. The molecule has 0 amide bonds. The van der Waals surface area contributed by atoms with E-state index >= 15 is 0 Å². The Bertz CT molecular complexity index is 658. The van der Waals surface area contributed by atoms with Gasteiger partial charge in [-0.05, 0) is 24.1 Å². The molecule has 5 heteroatoms. The molecule has 2 heterocycles. The number of benzene rings is 1. The number of nitrogens with zero attached hydrogens (tertiary/aromatic N) is 3. The van der Waals surface area contributed by atoms with E-state index in [-0.39, 0.29) is 0 Å². The van der Waals surface area contributed by atoms with Gasteiger partial charge in [-0.1, -0.05) is 6.07 Å². The number of aromatic nitrogens is 2. The third-order valence-corrected chi connectivity index (χ3v) is 3.88. The molecule has 1 aromatic heterocycles. The molecule has 0 bridgehead atoms. The number of ether oxygens (including phenoxy) is 2. The number of fused-ring (bicyclic) bond motifs is 1. The molecule has 0 spiro atoms. The Labute approximate surface area is 130 Å². The second kappa shape index (κ2) is 6.22. The summed E-state index contributed by atoms with van der Waals surface area (Å²) in [5, 5.41) is 0. The van der Waals surface area contributed by atoms with E-state index in [1.54, 1.807) is 7.11 Å². The van der Waals surface area contributed by atoms with Crippen molar-refractivity contribution in [3.8, 4) is 11.5 Å². The van der Waals surface area contributed by atoms with Crippen LogP contribution in [0.15, 0.2) is 30.5 Å². The summed E-state index contributed by atoms with van der Waals surface area (Å²) in [5.41, 5.74) is 1.22. The van der Waals surface area contributed by atoms with Crippen LogP contribution < -0.4 is 14.4 Å². The molecule has 3 rings (SSSR count). The van der Waals surface area contributed by atoms with Crippen molar-refractivity contribution in [1.82, 2.24) is 9.97 Å². The molecule has 0 saturated heterocycles. The monoisotopic (exact) mass is 299 g/mol. The maximum absolute atomic E-state index is 5.88. The molecule has 2 aromatic rings. The summed E-state index contributed by atoms with van der Waals surface area (Å²) in [7, 11) is 5.64. The Morgan fingerprint density at radius 1 is 1.32 bits per heavy atom. The molecule has 5 nitrogen and oxygen atoms in total. The molecule has 0 saturated carbocycles. The summed E-state index contributed by atoms with van der Waals surface area (Å²) >= 11 is 0. The van der Waals surface area contributed by atoms with Gasteiger partial charge in [-0.15, -0.1) is 0 Å². The largest absolute Gasteiger partial charge is 0.497 e. The fourth-order valence-electron chi connectivity index (χ4n) is 2.67. The van der Waals surface area contributed by atoms with Gasteiger partial charge in [-0.25, -0.2) is 9.97 Å². The molecule has 0 aliphatic carbocycles. The highest BCUT2D eigenvalue weighted by Crippen LogP contribution is 2.31. The second-order valence-corrected chi connectivity index (χ2v) is 5.78. The summed E-state index contributed by atoms with van der Waals surface area (Å²) in [6, 6.07) is 7.93. The van der Waals surface area contributed by atoms with Crippen LogP contribution in [0.3, 0.4) is 0 Å². The minimum Gasteiger partial charge on any atom is -0.497 e. The van der Waals surface area contributed by atoms with E-state index in [4.69, 9.17) is 9.47 Å². The van der Waals surface area contributed by atoms with E-state index in [0.29, 0.717) is 12.5 Å². The van der Waals surface area contributed by atoms with Crippen LogP contribution in [0.5, 0.6) is 11.5 Å². The molecule has 1 aromatic carbocycles. The summed E-state index contributed by atoms with van der Waals surface area (Å²) in [5.74, 6) is 3.97. The maximum atomic E-state index is 5.88. The van der Waals surface area contributed by atoms with Gasteiger partial charge in [0.2, 0.25) is 0 Å². The lowest BCUT2D eigenvalue weighted by Crippen LogP contribution is -2.24. The van der Waals surface area contributed by atoms with Crippen LogP contribution in [0.2, 0.25) is 0 Å². The normalized spacial score (nSPS) is 16.6. The Balaban J connectivity index is 1.71. The van der Waals surface area contributed by atoms with Gasteiger partial charge < -0.3 is 14.4 Å². The van der Waals surface area contributed by atoms with Crippen molar-refractivity contribution in [2.75, 3.05) is 32.7 Å². The summed E-state index contributed by atoms with van der Waals surface area (Å²) < 4.78 is 11.1. The first-order valence-electron chi connectivity index (χ1n) is 7.44. The van der Waals surface area contributed by atoms with Crippen LogP contribution in [0.4, 0.5) is 5.82 Å². The van der Waals surface area contributed by atoms with Gasteiger partial charge in [-0.2, -0.15) is 0 Å². The van der Waals surface area contributed by atoms with Crippen molar-refractivity contribution in [1.29, 1.82) is 0 Å². The zero-order valence-electron chi connectivity index (χ0n) is 13.2. The highest BCUT2D eigenvalue weighted by atomic mass is 16.5. The molecular formula is C17H21N3O2. The number of hydrogen-bond donors (Lipinski definition) is 0. The minimum absolute atomic E-state index is 0.401. The average molecular weight is 299 g/mol. The highest BCUT2D eigenvalue weighted by molar-refractivity contribution is 5.42. The summed E-state index contributed by atoms with van der Waals surface area (Å²) in [4.78, 5) is 11.0. The maximum Gasteiger partial charge on any atom is 0.131 e. The zero-order valence-corrected chi connectivity index (χ0v) is 13.2. The predicted molar refractivity (Wildman–Crippen MR) is 85.7 cm³/mol. The van der Waals surface area contributed by atoms with Crippen molar-refractivity contribution in [3.63, 3.8) is 0 Å². The number of hydrogen-bond acceptors (Lipinski definition) is 5. The van der Waals surface area contributed by atoms with Gasteiger partial charge >= 0.3 is 0 Å². The fourth-order valence-corrected chi connectivity index (χ4v) is 2.67. The smallest absolute Gasteiger partial charge is 0.131 e. The Morgan fingerprint density at radius 3 is 2.95 bits per heavy atom. The molecule has 0 unspecified atom stereocenters. The first-order chi connectivity index (χ1) is 10.7. The molecule has 0 fully saturated rings. The zero-order chi connectivity index (χ0) is 15.5. The molecule has 0 N–H and O–H groups in total. The first-order valence-corrected chi connectivity index (χ1v) is 7.44. The van der Waals surface area contributed by atoms with E-state index in [1.807, 2.05) is 43.4 Å². The van der Waals surface area contributed by atoms with Crippen molar-refractivity contribution in [2.45, 2.75) is 12.8 Å². The van der Waals surface area contributed by atoms with Crippen molar-refractivity contribution < 1.29 is 9.47 Å². The number of rotatable bonds is 4. The Kier molecular flexibility index (Phi) is 4.13. The van der Waals surface area contributed by atoms with E-state index in [9.17, 15) is 0 Å². The lowest BCUT2D eigenvalue weighted by atomic mass is 9.93. The summed E-state index contributed by atoms with van der Waals surface area (Å²) in [6.07, 6.45) is 3.63. The molecule has 116 valence electrons. The van der Waals surface area contributed by atoms with Crippen LogP contribution in [-0.2, 0) is 12.8 Å². The Morgan fingerprint density at radius 2 is 2.18 bits per heavy atom. The lowest BCUT2D eigenvalue weighted by Gasteiger charge is -2.25. The van der Waals surface area contributed by atoms with Gasteiger partial charge in [0.15, 0.2) is 0 Å². The predicted octanol–water partition coefficient (Wildman–Crippen LogP) is 2.34. The highest BCUT2D eigenvalue weighted by Gasteiger charge is 2.21. The van der Waals surface area contributed by atoms with Crippen LogP contribution in [0.25, 0.3) is 0 Å². The topological polar surface area (TPSA) is 47.5 Å². The van der Waals surface area contributed by atoms with E-state index in [2.05, 4.69) is 16.0 Å². The average Bonchev–Trinajstić information content (AvgIpc) is 2.54. The quantitative estimate of drug-likeness (QED) is 0.867. The van der Waals surface area contributed by atoms with Gasteiger partial charge in [0.1, 0.15) is 23.1 Å². The van der Waals surface area contributed by atoms with Crippen LogP contribution in [0, 0.1) is 5.92 Å². The van der Waals surface area contributed by atoms with Crippen molar-refractivity contribution in [3.05, 3.63) is 41.9 Å². The summed E-state index contributed by atoms with van der Waals surface area (Å²) in [6.45, 7) is 0.690. The lowest BCUT2D eigenvalue weighted by molar-refractivity contribution is 0.218. The van der Waals surface area contributed by atoms with E-state index < -0.39 is 0 Å². The molecule has 1 atom stereocenters. The van der Waals surface area contributed by atoms with Crippen LogP contribution in [0.1, 0.15) is 11.4 Å². The minimum atomic E-state index is 0.401. The van der Waals surface area contributed by atoms with Crippen molar-refractivity contribution >= 4 is 5.82 Å². The third kappa shape index (κ3) is 3.13. The SMILES string of the molecule is COc1ccc2c(c1)OC[C@H](Cc1nccc(N(C)C)n1)C2. The van der Waals surface area contributed by atoms with Crippen LogP contribution in [-0.4, -0.2) is 37.8 Å². The van der Waals surface area contributed by atoms with Gasteiger partial charge in [0, 0.05) is 38.7 Å². The third-order valence-electron chi connectivity index (χ3n) is 3.88. The van der Waals surface area contributed by atoms with Gasteiger partial charge in [0.05, 0.1) is 13.7 Å². The van der Waals surface area contributed by atoms with Crippen molar-refractivity contribution in [2.24, 2.45) is 5.92 Å². The van der Waals surface area contributed by atoms with Gasteiger partial charge in [0.25, 0.3) is 0 Å². The Hall–Kier alpha value is -2.30. The second-order valence-electron chi connectivity index (χ2n) is 5.78. The number of anilines is 1. The molecular weight excluding hydrogens is 278 g/mol.